The molecule has 0 aromatic rings. The van der Waals surface area contributed by atoms with Crippen LogP contribution < -0.4 is 5.32 Å². The van der Waals surface area contributed by atoms with E-state index in [1.54, 1.807) is 0 Å². The summed E-state index contributed by atoms with van der Waals surface area (Å²) in [7, 11) is 0. The lowest BCUT2D eigenvalue weighted by molar-refractivity contribution is 0.171. The molecular weight excluding hydrogens is 160 g/mol. The molecule has 1 atom stereocenters. The Labute approximate surface area is 81.7 Å². The second-order valence-corrected chi connectivity index (χ2v) is 4.84. The lowest BCUT2D eigenvalue weighted by Crippen LogP contribution is -2.37. The van der Waals surface area contributed by atoms with Crippen molar-refractivity contribution in [1.82, 2.24) is 10.2 Å². The minimum absolute atomic E-state index is 0.938. The Morgan fingerprint density at radius 1 is 1.23 bits per heavy atom. The van der Waals surface area contributed by atoms with E-state index in [1.165, 1.54) is 52.0 Å². The largest absolute Gasteiger partial charge is 0.316 e. The molecule has 2 aliphatic heterocycles. The molecule has 2 aliphatic rings. The van der Waals surface area contributed by atoms with E-state index < -0.39 is 0 Å². The van der Waals surface area contributed by atoms with Gasteiger partial charge >= 0.3 is 0 Å². The smallest absolute Gasteiger partial charge is 0.00223 e. The van der Waals surface area contributed by atoms with Gasteiger partial charge in [-0.15, -0.1) is 0 Å². The SMILES string of the molecule is CC1CCN(C[C@@H]2CCNC2)CC1. The van der Waals surface area contributed by atoms with E-state index in [0.717, 1.165) is 11.8 Å². The first-order valence-corrected chi connectivity index (χ1v) is 5.77. The van der Waals surface area contributed by atoms with E-state index in [4.69, 9.17) is 0 Å². The molecule has 0 aliphatic carbocycles. The molecule has 2 saturated heterocycles. The van der Waals surface area contributed by atoms with Gasteiger partial charge in [-0.05, 0) is 57.3 Å². The summed E-state index contributed by atoms with van der Waals surface area (Å²) in [6.07, 6.45) is 4.23. The van der Waals surface area contributed by atoms with Crippen molar-refractivity contribution < 1.29 is 0 Å². The first-order chi connectivity index (χ1) is 6.34. The van der Waals surface area contributed by atoms with E-state index in [0.29, 0.717) is 0 Å². The normalized spacial score (nSPS) is 32.5. The number of nitrogens with zero attached hydrogens (tertiary/aromatic N) is 1. The van der Waals surface area contributed by atoms with Crippen molar-refractivity contribution in [3.63, 3.8) is 0 Å². The van der Waals surface area contributed by atoms with Gasteiger partial charge in [-0.1, -0.05) is 6.92 Å². The molecule has 2 rings (SSSR count). The van der Waals surface area contributed by atoms with Crippen LogP contribution in [-0.2, 0) is 0 Å². The van der Waals surface area contributed by atoms with Crippen molar-refractivity contribution in [1.29, 1.82) is 0 Å². The van der Waals surface area contributed by atoms with Crippen molar-refractivity contribution in [2.75, 3.05) is 32.7 Å². The van der Waals surface area contributed by atoms with E-state index in [-0.39, 0.29) is 0 Å². The van der Waals surface area contributed by atoms with Crippen LogP contribution in [-0.4, -0.2) is 37.6 Å². The van der Waals surface area contributed by atoms with Gasteiger partial charge in [0.1, 0.15) is 0 Å². The van der Waals surface area contributed by atoms with E-state index in [2.05, 4.69) is 17.1 Å². The Hall–Kier alpha value is -0.0800. The van der Waals surface area contributed by atoms with E-state index in [9.17, 15) is 0 Å². The highest BCUT2D eigenvalue weighted by molar-refractivity contribution is 4.77. The van der Waals surface area contributed by atoms with Crippen molar-refractivity contribution in [2.24, 2.45) is 11.8 Å². The fraction of sp³-hybridized carbons (Fsp3) is 1.00. The van der Waals surface area contributed by atoms with Crippen LogP contribution in [0.25, 0.3) is 0 Å². The zero-order valence-corrected chi connectivity index (χ0v) is 8.76. The van der Waals surface area contributed by atoms with Crippen LogP contribution in [0.4, 0.5) is 0 Å². The summed E-state index contributed by atoms with van der Waals surface area (Å²) in [6.45, 7) is 8.92. The minimum Gasteiger partial charge on any atom is -0.316 e. The highest BCUT2D eigenvalue weighted by Gasteiger charge is 2.21. The molecule has 0 radical (unpaired) electrons. The van der Waals surface area contributed by atoms with Gasteiger partial charge in [0.15, 0.2) is 0 Å². The zero-order valence-electron chi connectivity index (χ0n) is 8.76. The van der Waals surface area contributed by atoms with Gasteiger partial charge in [-0.25, -0.2) is 0 Å². The fourth-order valence-corrected chi connectivity index (χ4v) is 2.48. The van der Waals surface area contributed by atoms with Crippen LogP contribution in [0, 0.1) is 11.8 Å². The summed E-state index contributed by atoms with van der Waals surface area (Å²) >= 11 is 0. The van der Waals surface area contributed by atoms with Crippen LogP contribution in [0.2, 0.25) is 0 Å². The maximum Gasteiger partial charge on any atom is 0.00223 e. The van der Waals surface area contributed by atoms with Gasteiger partial charge in [0, 0.05) is 6.54 Å². The Balaban J connectivity index is 1.69. The molecule has 2 fully saturated rings. The topological polar surface area (TPSA) is 15.3 Å². The molecule has 0 aromatic heterocycles. The van der Waals surface area contributed by atoms with Gasteiger partial charge in [-0.2, -0.15) is 0 Å². The summed E-state index contributed by atoms with van der Waals surface area (Å²) in [5, 5.41) is 3.44. The third kappa shape index (κ3) is 2.68. The molecule has 0 saturated carbocycles. The minimum atomic E-state index is 0.938. The molecule has 0 spiro atoms. The Morgan fingerprint density at radius 2 is 2.00 bits per heavy atom. The highest BCUT2D eigenvalue weighted by atomic mass is 15.1. The number of rotatable bonds is 2. The van der Waals surface area contributed by atoms with Crippen LogP contribution in [0.3, 0.4) is 0 Å². The molecule has 2 heteroatoms. The molecule has 1 N–H and O–H groups in total. The van der Waals surface area contributed by atoms with Crippen molar-refractivity contribution >= 4 is 0 Å². The fourth-order valence-electron chi connectivity index (χ4n) is 2.48. The molecule has 2 nitrogen and oxygen atoms in total. The quantitative estimate of drug-likeness (QED) is 0.693. The van der Waals surface area contributed by atoms with Gasteiger partial charge in [0.05, 0.1) is 0 Å². The Bertz CT molecular complexity index is 144. The summed E-state index contributed by atoms with van der Waals surface area (Å²) in [6, 6.07) is 0. The molecular formula is C11H22N2. The number of hydrogen-bond donors (Lipinski definition) is 1. The van der Waals surface area contributed by atoms with E-state index in [1.807, 2.05) is 0 Å². The summed E-state index contributed by atoms with van der Waals surface area (Å²) in [4.78, 5) is 2.66. The predicted molar refractivity (Wildman–Crippen MR) is 55.8 cm³/mol. The van der Waals surface area contributed by atoms with Crippen molar-refractivity contribution in [3.8, 4) is 0 Å². The third-order valence-corrected chi connectivity index (χ3v) is 3.56. The van der Waals surface area contributed by atoms with Gasteiger partial charge in [0.25, 0.3) is 0 Å². The Morgan fingerprint density at radius 3 is 2.62 bits per heavy atom. The first kappa shape index (κ1) is 9.47. The molecule has 13 heavy (non-hydrogen) atoms. The van der Waals surface area contributed by atoms with Crippen LogP contribution in [0.1, 0.15) is 26.2 Å². The lowest BCUT2D eigenvalue weighted by atomic mass is 9.98. The Kier molecular flexibility index (Phi) is 3.23. The number of nitrogens with one attached hydrogen (secondary N) is 1. The average molecular weight is 182 g/mol. The summed E-state index contributed by atoms with van der Waals surface area (Å²) in [5.41, 5.74) is 0. The second kappa shape index (κ2) is 4.43. The van der Waals surface area contributed by atoms with Crippen LogP contribution in [0.5, 0.6) is 0 Å². The van der Waals surface area contributed by atoms with Gasteiger partial charge in [0.2, 0.25) is 0 Å². The van der Waals surface area contributed by atoms with Crippen LogP contribution in [0.15, 0.2) is 0 Å². The summed E-state index contributed by atoms with van der Waals surface area (Å²) < 4.78 is 0. The third-order valence-electron chi connectivity index (χ3n) is 3.56. The maximum atomic E-state index is 3.44. The molecule has 0 bridgehead atoms. The maximum absolute atomic E-state index is 3.44. The molecule has 0 unspecified atom stereocenters. The van der Waals surface area contributed by atoms with Gasteiger partial charge in [-0.3, -0.25) is 0 Å². The average Bonchev–Trinajstić information content (AvgIpc) is 2.62. The second-order valence-electron chi connectivity index (χ2n) is 4.84. The monoisotopic (exact) mass is 182 g/mol. The number of hydrogen-bond acceptors (Lipinski definition) is 2. The van der Waals surface area contributed by atoms with E-state index >= 15 is 0 Å². The van der Waals surface area contributed by atoms with Crippen molar-refractivity contribution in [2.45, 2.75) is 26.2 Å². The van der Waals surface area contributed by atoms with Crippen LogP contribution >= 0.6 is 0 Å². The zero-order chi connectivity index (χ0) is 9.10. The first-order valence-electron chi connectivity index (χ1n) is 5.77. The molecule has 0 amide bonds. The predicted octanol–water partition coefficient (Wildman–Crippen LogP) is 1.33. The highest BCUT2D eigenvalue weighted by Crippen LogP contribution is 2.18. The lowest BCUT2D eigenvalue weighted by Gasteiger charge is -2.31. The standard InChI is InChI=1S/C11H22N2/c1-10-3-6-13(7-4-10)9-11-2-5-12-8-11/h10-12H,2-9H2,1H3/t11-/m1/s1. The summed E-state index contributed by atoms with van der Waals surface area (Å²) in [5.74, 6) is 1.91. The molecule has 0 aromatic carbocycles. The van der Waals surface area contributed by atoms with Gasteiger partial charge < -0.3 is 10.2 Å². The van der Waals surface area contributed by atoms with Crippen molar-refractivity contribution in [3.05, 3.63) is 0 Å². The number of piperidine rings is 1. The number of likely N-dealkylation sites (tertiary alicyclic amines) is 1. The molecule has 76 valence electrons. The molecule has 2 heterocycles.